The van der Waals surface area contributed by atoms with Gasteiger partial charge in [-0.15, -0.1) is 6.58 Å². The van der Waals surface area contributed by atoms with Gasteiger partial charge in [-0.1, -0.05) is 82.9 Å². The van der Waals surface area contributed by atoms with Gasteiger partial charge in [0.05, 0.1) is 5.60 Å². The number of rotatable bonds is 11. The van der Waals surface area contributed by atoms with Crippen LogP contribution in [0.5, 0.6) is 0 Å². The van der Waals surface area contributed by atoms with Crippen LogP contribution in [-0.2, 0) is 4.74 Å². The molecule has 154 valence electrons. The highest BCUT2D eigenvalue weighted by Gasteiger charge is 2.66. The lowest BCUT2D eigenvalue weighted by molar-refractivity contribution is -0.200. The van der Waals surface area contributed by atoms with Crippen molar-refractivity contribution >= 4 is 0 Å². The maximum Gasteiger partial charge on any atom is 0.313 e. The largest absolute Gasteiger partial charge is 0.374 e. The quantitative estimate of drug-likeness (QED) is 0.262. The van der Waals surface area contributed by atoms with Crippen molar-refractivity contribution in [2.45, 2.75) is 95.5 Å². The van der Waals surface area contributed by atoms with Crippen molar-refractivity contribution in [1.82, 2.24) is 0 Å². The molecule has 1 atom stereocenters. The second-order valence-corrected chi connectivity index (χ2v) is 8.05. The molecule has 0 aromatic carbocycles. The topological polar surface area (TPSA) is 9.23 Å². The Hall–Kier alpha value is -1.03. The molecule has 1 nitrogen and oxygen atoms in total. The van der Waals surface area contributed by atoms with Crippen LogP contribution in [0.25, 0.3) is 0 Å². The molecule has 2 rings (SSSR count). The fourth-order valence-electron chi connectivity index (χ4n) is 4.64. The van der Waals surface area contributed by atoms with E-state index in [4.69, 9.17) is 4.74 Å². The molecule has 0 N–H and O–H groups in total. The molecule has 1 fully saturated rings. The monoisotopic (exact) mass is 384 g/mol. The van der Waals surface area contributed by atoms with E-state index in [0.717, 1.165) is 44.6 Å². The lowest BCUT2D eigenvalue weighted by Gasteiger charge is -2.53. The Bertz CT molecular complexity index is 532. The number of alkyl halides is 2. The standard InChI is InChI=1S/C23H35F3O/c1-3-5-6-7-8-9-13-19-27-22(17-11-10-12-18-22)21(4-2)16-14-15-20(24)23(21,25)26/h4,14-16H,2-3,5-13,17-19H2,1H3. The summed E-state index contributed by atoms with van der Waals surface area (Å²) < 4.78 is 50.4. The molecule has 4 heteroatoms. The van der Waals surface area contributed by atoms with Crippen LogP contribution in [0.4, 0.5) is 13.2 Å². The molecule has 2 aliphatic rings. The van der Waals surface area contributed by atoms with E-state index in [1.165, 1.54) is 43.9 Å². The van der Waals surface area contributed by atoms with Gasteiger partial charge in [-0.3, -0.25) is 0 Å². The smallest absolute Gasteiger partial charge is 0.313 e. The Morgan fingerprint density at radius 1 is 1.04 bits per heavy atom. The molecule has 0 bridgehead atoms. The van der Waals surface area contributed by atoms with E-state index in [1.807, 2.05) is 0 Å². The molecule has 0 amide bonds. The van der Waals surface area contributed by atoms with Crippen LogP contribution in [-0.4, -0.2) is 18.1 Å². The summed E-state index contributed by atoms with van der Waals surface area (Å²) >= 11 is 0. The molecule has 1 saturated carbocycles. The van der Waals surface area contributed by atoms with Gasteiger partial charge in [0.2, 0.25) is 0 Å². The van der Waals surface area contributed by atoms with Crippen molar-refractivity contribution in [3.63, 3.8) is 0 Å². The van der Waals surface area contributed by atoms with Crippen LogP contribution in [0.2, 0.25) is 0 Å². The zero-order chi connectivity index (χ0) is 19.8. The summed E-state index contributed by atoms with van der Waals surface area (Å²) in [5.41, 5.74) is -2.90. The number of unbranched alkanes of at least 4 members (excludes halogenated alkanes) is 6. The Labute approximate surface area is 162 Å². The second-order valence-electron chi connectivity index (χ2n) is 8.05. The first-order valence-electron chi connectivity index (χ1n) is 10.7. The molecular formula is C23H35F3O. The van der Waals surface area contributed by atoms with Crippen LogP contribution in [0.1, 0.15) is 84.0 Å². The highest BCUT2D eigenvalue weighted by molar-refractivity contribution is 5.37. The number of halogens is 3. The lowest BCUT2D eigenvalue weighted by atomic mass is 9.60. The van der Waals surface area contributed by atoms with Gasteiger partial charge >= 0.3 is 5.92 Å². The van der Waals surface area contributed by atoms with Crippen LogP contribution in [0.3, 0.4) is 0 Å². The average Bonchev–Trinajstić information content (AvgIpc) is 2.67. The number of ether oxygens (including phenoxy) is 1. The van der Waals surface area contributed by atoms with Crippen LogP contribution in [0.15, 0.2) is 36.7 Å². The van der Waals surface area contributed by atoms with Gasteiger partial charge in [0.1, 0.15) is 5.41 Å². The molecule has 0 radical (unpaired) electrons. The number of allylic oxidation sites excluding steroid dienone is 3. The van der Waals surface area contributed by atoms with E-state index in [0.29, 0.717) is 19.4 Å². The van der Waals surface area contributed by atoms with Gasteiger partial charge in [-0.05, 0) is 25.3 Å². The third kappa shape index (κ3) is 4.52. The predicted octanol–water partition coefficient (Wildman–Crippen LogP) is 7.69. The fraction of sp³-hybridized carbons (Fsp3) is 0.739. The van der Waals surface area contributed by atoms with Crippen molar-refractivity contribution in [2.24, 2.45) is 5.41 Å². The summed E-state index contributed by atoms with van der Waals surface area (Å²) in [7, 11) is 0. The van der Waals surface area contributed by atoms with E-state index in [2.05, 4.69) is 13.5 Å². The SMILES string of the molecule is C=CC1(C2(OCCCCCCCCC)CCCCC2)C=CC=C(F)C1(F)F. The number of hydrogen-bond acceptors (Lipinski definition) is 1. The number of hydrogen-bond donors (Lipinski definition) is 0. The Balaban J connectivity index is 2.06. The summed E-state index contributed by atoms with van der Waals surface area (Å²) in [5, 5.41) is 0. The highest BCUT2D eigenvalue weighted by atomic mass is 19.3. The summed E-state index contributed by atoms with van der Waals surface area (Å²) in [6, 6.07) is 0. The van der Waals surface area contributed by atoms with Crippen molar-refractivity contribution < 1.29 is 17.9 Å². The highest BCUT2D eigenvalue weighted by Crippen LogP contribution is 2.59. The minimum Gasteiger partial charge on any atom is -0.374 e. The van der Waals surface area contributed by atoms with Crippen molar-refractivity contribution in [3.8, 4) is 0 Å². The molecular weight excluding hydrogens is 349 g/mol. The molecule has 2 aliphatic carbocycles. The van der Waals surface area contributed by atoms with Crippen LogP contribution in [0, 0.1) is 5.41 Å². The first kappa shape index (κ1) is 22.3. The normalized spacial score (nSPS) is 26.6. The third-order valence-electron chi connectivity index (χ3n) is 6.28. The van der Waals surface area contributed by atoms with E-state index < -0.39 is 22.8 Å². The van der Waals surface area contributed by atoms with Crippen LogP contribution >= 0.6 is 0 Å². The summed E-state index contributed by atoms with van der Waals surface area (Å²) in [6.07, 6.45) is 16.6. The van der Waals surface area contributed by atoms with Crippen LogP contribution < -0.4 is 0 Å². The van der Waals surface area contributed by atoms with E-state index >= 15 is 8.78 Å². The third-order valence-corrected chi connectivity index (χ3v) is 6.28. The molecule has 0 saturated heterocycles. The molecule has 0 aromatic heterocycles. The first-order valence-corrected chi connectivity index (χ1v) is 10.7. The van der Waals surface area contributed by atoms with Gasteiger partial charge in [0, 0.05) is 6.61 Å². The second kappa shape index (κ2) is 9.95. The van der Waals surface area contributed by atoms with Gasteiger partial charge in [0.25, 0.3) is 0 Å². The molecule has 0 aliphatic heterocycles. The molecule has 27 heavy (non-hydrogen) atoms. The van der Waals surface area contributed by atoms with Gasteiger partial charge < -0.3 is 4.74 Å². The van der Waals surface area contributed by atoms with Gasteiger partial charge in [-0.25, -0.2) is 4.39 Å². The maximum absolute atomic E-state index is 15.0. The summed E-state index contributed by atoms with van der Waals surface area (Å²) in [5.74, 6) is -5.02. The van der Waals surface area contributed by atoms with Crippen molar-refractivity contribution in [3.05, 3.63) is 36.7 Å². The molecule has 0 aromatic rings. The Morgan fingerprint density at radius 3 is 2.30 bits per heavy atom. The minimum absolute atomic E-state index is 0.443. The average molecular weight is 385 g/mol. The Kier molecular flexibility index (Phi) is 8.20. The van der Waals surface area contributed by atoms with Gasteiger partial charge in [0.15, 0.2) is 5.83 Å². The van der Waals surface area contributed by atoms with Crippen molar-refractivity contribution in [2.75, 3.05) is 6.61 Å². The lowest BCUT2D eigenvalue weighted by Crippen LogP contribution is -2.59. The maximum atomic E-state index is 15.0. The van der Waals surface area contributed by atoms with E-state index in [-0.39, 0.29) is 0 Å². The fourth-order valence-corrected chi connectivity index (χ4v) is 4.64. The minimum atomic E-state index is -3.62. The van der Waals surface area contributed by atoms with E-state index in [9.17, 15) is 4.39 Å². The zero-order valence-corrected chi connectivity index (χ0v) is 16.8. The molecule has 0 spiro atoms. The van der Waals surface area contributed by atoms with Gasteiger partial charge in [-0.2, -0.15) is 8.78 Å². The molecule has 1 unspecified atom stereocenters. The van der Waals surface area contributed by atoms with E-state index in [1.54, 1.807) is 0 Å². The summed E-state index contributed by atoms with van der Waals surface area (Å²) in [4.78, 5) is 0. The first-order chi connectivity index (χ1) is 13.0. The summed E-state index contributed by atoms with van der Waals surface area (Å²) in [6.45, 7) is 6.33. The Morgan fingerprint density at radius 2 is 1.67 bits per heavy atom. The predicted molar refractivity (Wildman–Crippen MR) is 106 cm³/mol. The molecule has 0 heterocycles. The van der Waals surface area contributed by atoms with Crippen molar-refractivity contribution in [1.29, 1.82) is 0 Å². The zero-order valence-electron chi connectivity index (χ0n) is 16.8.